The van der Waals surface area contributed by atoms with Gasteiger partial charge in [-0.3, -0.25) is 9.80 Å². The normalized spacial score (nSPS) is 18.6. The highest BCUT2D eigenvalue weighted by Crippen LogP contribution is 2.32. The molecule has 5 nitrogen and oxygen atoms in total. The number of ether oxygens (including phenoxy) is 1. The second kappa shape index (κ2) is 8.01. The Labute approximate surface area is 160 Å². The van der Waals surface area contributed by atoms with Gasteiger partial charge < -0.3 is 10.1 Å². The average Bonchev–Trinajstić information content (AvgIpc) is 2.87. The molecule has 0 aromatic heterocycles. The molecule has 1 saturated heterocycles. The molecule has 1 N–H and O–H groups in total. The van der Waals surface area contributed by atoms with E-state index in [1.54, 1.807) is 7.11 Å². The van der Waals surface area contributed by atoms with Gasteiger partial charge in [0.25, 0.3) is 0 Å². The van der Waals surface area contributed by atoms with Crippen LogP contribution in [0.1, 0.15) is 24.0 Å². The molecule has 0 saturated carbocycles. The number of anilines is 1. The molecule has 0 spiro atoms. The van der Waals surface area contributed by atoms with E-state index in [4.69, 9.17) is 4.74 Å². The van der Waals surface area contributed by atoms with Crippen LogP contribution >= 0.6 is 0 Å². The molecule has 0 aliphatic carbocycles. The number of nitrogens with zero attached hydrogens (tertiary/aromatic N) is 2. The summed E-state index contributed by atoms with van der Waals surface area (Å²) in [5.41, 5.74) is 3.56. The summed E-state index contributed by atoms with van der Waals surface area (Å²) in [5.74, 6) is 0.848. The smallest absolute Gasteiger partial charge is 0.322 e. The quantitative estimate of drug-likeness (QED) is 0.903. The number of carbonyl (C=O) groups is 1. The molecule has 2 aliphatic rings. The molecule has 2 amide bonds. The number of carbonyl (C=O) groups excluding carboxylic acids is 1. The van der Waals surface area contributed by atoms with Gasteiger partial charge in [0.1, 0.15) is 5.75 Å². The van der Waals surface area contributed by atoms with Crippen LogP contribution in [0.3, 0.4) is 0 Å². The topological polar surface area (TPSA) is 44.8 Å². The largest absolute Gasteiger partial charge is 0.497 e. The number of hydrogen-bond donors (Lipinski definition) is 1. The Morgan fingerprint density at radius 1 is 1.11 bits per heavy atom. The highest BCUT2D eigenvalue weighted by Gasteiger charge is 2.31. The van der Waals surface area contributed by atoms with Gasteiger partial charge in [-0.2, -0.15) is 0 Å². The zero-order chi connectivity index (χ0) is 18.6. The highest BCUT2D eigenvalue weighted by molar-refractivity contribution is 5.94. The van der Waals surface area contributed by atoms with E-state index in [1.165, 1.54) is 11.1 Å². The highest BCUT2D eigenvalue weighted by atomic mass is 16.5. The third-order valence-corrected chi connectivity index (χ3v) is 5.61. The Morgan fingerprint density at radius 2 is 1.89 bits per heavy atom. The number of methoxy groups -OCH3 is 1. The van der Waals surface area contributed by atoms with Gasteiger partial charge in [-0.25, -0.2) is 4.79 Å². The predicted molar refractivity (Wildman–Crippen MR) is 107 cm³/mol. The second-order valence-corrected chi connectivity index (χ2v) is 7.34. The van der Waals surface area contributed by atoms with Gasteiger partial charge in [0.15, 0.2) is 0 Å². The summed E-state index contributed by atoms with van der Waals surface area (Å²) < 4.78 is 5.37. The zero-order valence-corrected chi connectivity index (χ0v) is 15.9. The van der Waals surface area contributed by atoms with Gasteiger partial charge in [-0.05, 0) is 48.6 Å². The van der Waals surface area contributed by atoms with Crippen LogP contribution in [0.2, 0.25) is 0 Å². The van der Waals surface area contributed by atoms with Crippen molar-refractivity contribution >= 4 is 11.7 Å². The first-order valence-electron chi connectivity index (χ1n) is 9.75. The van der Waals surface area contributed by atoms with Gasteiger partial charge in [0.05, 0.1) is 7.11 Å². The molecule has 0 atom stereocenters. The fourth-order valence-corrected chi connectivity index (χ4v) is 4.16. The van der Waals surface area contributed by atoms with Crippen molar-refractivity contribution in [1.82, 2.24) is 10.2 Å². The van der Waals surface area contributed by atoms with E-state index in [1.807, 2.05) is 17.0 Å². The summed E-state index contributed by atoms with van der Waals surface area (Å²) in [4.78, 5) is 17.2. The van der Waals surface area contributed by atoms with E-state index in [0.29, 0.717) is 6.54 Å². The van der Waals surface area contributed by atoms with Crippen molar-refractivity contribution in [1.29, 1.82) is 0 Å². The van der Waals surface area contributed by atoms with Gasteiger partial charge in [-0.15, -0.1) is 0 Å². The minimum atomic E-state index is 0.0282. The van der Waals surface area contributed by atoms with Crippen LogP contribution < -0.4 is 15.0 Å². The van der Waals surface area contributed by atoms with E-state index in [9.17, 15) is 4.79 Å². The van der Waals surface area contributed by atoms with E-state index >= 15 is 0 Å². The maximum absolute atomic E-state index is 12.8. The van der Waals surface area contributed by atoms with Crippen LogP contribution in [0.15, 0.2) is 48.5 Å². The number of urea groups is 1. The van der Waals surface area contributed by atoms with Crippen molar-refractivity contribution in [3.05, 3.63) is 59.7 Å². The van der Waals surface area contributed by atoms with E-state index < -0.39 is 0 Å². The van der Waals surface area contributed by atoms with Crippen LogP contribution in [0.5, 0.6) is 5.75 Å². The molecule has 2 aromatic carbocycles. The Balaban J connectivity index is 1.48. The number of fused-ring (bicyclic) bond motifs is 1. The van der Waals surface area contributed by atoms with Gasteiger partial charge in [0.2, 0.25) is 0 Å². The first-order chi connectivity index (χ1) is 13.2. The number of benzene rings is 2. The van der Waals surface area contributed by atoms with Gasteiger partial charge in [0, 0.05) is 37.9 Å². The maximum Gasteiger partial charge on any atom is 0.322 e. The Morgan fingerprint density at radius 3 is 2.63 bits per heavy atom. The molecule has 5 heteroatoms. The summed E-state index contributed by atoms with van der Waals surface area (Å²) in [6, 6.07) is 16.9. The summed E-state index contributed by atoms with van der Waals surface area (Å²) in [5, 5.41) is 3.06. The molecule has 0 radical (unpaired) electrons. The number of amides is 2. The monoisotopic (exact) mass is 365 g/mol. The molecule has 27 heavy (non-hydrogen) atoms. The van der Waals surface area contributed by atoms with Crippen molar-refractivity contribution in [2.75, 3.05) is 31.6 Å². The second-order valence-electron chi connectivity index (χ2n) is 7.34. The molecule has 2 aliphatic heterocycles. The van der Waals surface area contributed by atoms with Crippen LogP contribution in [0.25, 0.3) is 0 Å². The molecule has 0 bridgehead atoms. The Bertz CT molecular complexity index is 785. The number of nitrogens with one attached hydrogen (secondary N) is 1. The minimum absolute atomic E-state index is 0.0282. The average molecular weight is 365 g/mol. The molecule has 0 unspecified atom stereocenters. The van der Waals surface area contributed by atoms with Crippen molar-refractivity contribution in [2.24, 2.45) is 0 Å². The van der Waals surface area contributed by atoms with Crippen molar-refractivity contribution in [3.63, 3.8) is 0 Å². The first kappa shape index (κ1) is 17.9. The van der Waals surface area contributed by atoms with Crippen LogP contribution in [0.4, 0.5) is 10.5 Å². The van der Waals surface area contributed by atoms with E-state index in [-0.39, 0.29) is 12.1 Å². The minimum Gasteiger partial charge on any atom is -0.497 e. The summed E-state index contributed by atoms with van der Waals surface area (Å²) in [7, 11) is 1.68. The third-order valence-electron chi connectivity index (χ3n) is 5.61. The summed E-state index contributed by atoms with van der Waals surface area (Å²) in [6.45, 7) is 3.67. The summed E-state index contributed by atoms with van der Waals surface area (Å²) >= 11 is 0. The van der Waals surface area contributed by atoms with Gasteiger partial charge >= 0.3 is 6.03 Å². The number of hydrogen-bond acceptors (Lipinski definition) is 3. The standard InChI is InChI=1S/C22H27N3O2/c1-27-20-7-8-21-18(15-20)9-12-23-22(26)25(21)19-10-13-24(14-11-19)16-17-5-3-2-4-6-17/h2-8,15,19H,9-14,16H2,1H3,(H,23,26). The summed E-state index contributed by atoms with van der Waals surface area (Å²) in [6.07, 6.45) is 2.82. The molecule has 4 rings (SSSR count). The molecule has 2 heterocycles. The Hall–Kier alpha value is -2.53. The SMILES string of the molecule is COc1ccc2c(c1)CCNC(=O)N2C1CCN(Cc2ccccc2)CC1. The van der Waals surface area contributed by atoms with Crippen molar-refractivity contribution < 1.29 is 9.53 Å². The number of piperidine rings is 1. The first-order valence-corrected chi connectivity index (χ1v) is 9.75. The number of rotatable bonds is 4. The number of likely N-dealkylation sites (tertiary alicyclic amines) is 1. The third kappa shape index (κ3) is 3.93. The predicted octanol–water partition coefficient (Wildman–Crippen LogP) is 3.43. The lowest BCUT2D eigenvalue weighted by Gasteiger charge is -2.38. The lowest BCUT2D eigenvalue weighted by atomic mass is 10.00. The van der Waals surface area contributed by atoms with Crippen LogP contribution in [-0.2, 0) is 13.0 Å². The molecule has 2 aromatic rings. The molecular formula is C22H27N3O2. The zero-order valence-electron chi connectivity index (χ0n) is 15.9. The maximum atomic E-state index is 12.8. The fourth-order valence-electron chi connectivity index (χ4n) is 4.16. The van der Waals surface area contributed by atoms with E-state index in [0.717, 1.165) is 50.3 Å². The van der Waals surface area contributed by atoms with Crippen molar-refractivity contribution in [3.8, 4) is 5.75 Å². The lowest BCUT2D eigenvalue weighted by Crippen LogP contribution is -2.50. The van der Waals surface area contributed by atoms with Gasteiger partial charge in [-0.1, -0.05) is 30.3 Å². The molecular weight excluding hydrogens is 338 g/mol. The van der Waals surface area contributed by atoms with E-state index in [2.05, 4.69) is 46.6 Å². The van der Waals surface area contributed by atoms with Crippen LogP contribution in [-0.4, -0.2) is 43.7 Å². The Kier molecular flexibility index (Phi) is 5.30. The van der Waals surface area contributed by atoms with Crippen LogP contribution in [0, 0.1) is 0 Å². The lowest BCUT2D eigenvalue weighted by molar-refractivity contribution is 0.198. The molecule has 1 fully saturated rings. The fraction of sp³-hybridized carbons (Fsp3) is 0.409. The van der Waals surface area contributed by atoms with Crippen molar-refractivity contribution in [2.45, 2.75) is 31.8 Å². The molecule has 142 valence electrons.